The van der Waals surface area contributed by atoms with Crippen LogP contribution in [0.3, 0.4) is 0 Å². The lowest BCUT2D eigenvalue weighted by molar-refractivity contribution is -0.408. The predicted molar refractivity (Wildman–Crippen MR) is 252 cm³/mol. The number of rotatable bonds is 19. The Morgan fingerprint density at radius 1 is 0.317 bits per heavy atom. The third-order valence-corrected chi connectivity index (χ3v) is 15.3. The van der Waals surface area contributed by atoms with E-state index in [0.717, 1.165) is 13.8 Å². The Morgan fingerprint density at radius 3 is 1.07 bits per heavy atom. The maximum absolute atomic E-state index is 13.3. The van der Waals surface area contributed by atoms with Gasteiger partial charge in [-0.25, -0.2) is 0 Å². The fraction of sp³-hybridized carbons (Fsp3) is 0.957. The summed E-state index contributed by atoms with van der Waals surface area (Å²) >= 11 is 0. The van der Waals surface area contributed by atoms with Crippen molar-refractivity contribution in [3.8, 4) is 0 Å². The van der Waals surface area contributed by atoms with Crippen LogP contribution in [0.15, 0.2) is 0 Å². The lowest BCUT2D eigenvalue weighted by atomic mass is 9.93. The highest BCUT2D eigenvalue weighted by Crippen LogP contribution is 2.39. The van der Waals surface area contributed by atoms with Gasteiger partial charge in [-0.1, -0.05) is 0 Å². The predicted octanol–water partition coefficient (Wildman–Crippen LogP) is -13.9. The quantitative estimate of drug-likeness (QED) is 0.0571. The maximum atomic E-state index is 13.3. The van der Waals surface area contributed by atoms with Gasteiger partial charge in [-0.15, -0.1) is 0 Å². The number of nitrogens with one attached hydrogen (secondary N) is 2. The lowest BCUT2D eigenvalue weighted by Crippen LogP contribution is -2.71. The summed E-state index contributed by atoms with van der Waals surface area (Å²) in [4.78, 5) is 25.7. The van der Waals surface area contributed by atoms with Crippen LogP contribution in [-0.4, -0.2) is 357 Å². The summed E-state index contributed by atoms with van der Waals surface area (Å²) in [7, 11) is 0. The van der Waals surface area contributed by atoms with E-state index in [0.29, 0.717) is 0 Å². The third kappa shape index (κ3) is 14.1. The van der Waals surface area contributed by atoms with Crippen LogP contribution in [0, 0.1) is 0 Å². The highest BCUT2D eigenvalue weighted by atomic mass is 16.8. The summed E-state index contributed by atoms with van der Waals surface area (Å²) in [5, 5.41) is 212. The number of aliphatic hydroxyl groups is 19. The first kappa shape index (κ1) is 67.2. The van der Waals surface area contributed by atoms with Gasteiger partial charge in [0.25, 0.3) is 0 Å². The van der Waals surface area contributed by atoms with E-state index in [1.54, 1.807) is 0 Å². The molecule has 0 spiro atoms. The molecule has 0 radical (unpaired) electrons. The van der Waals surface area contributed by atoms with Crippen LogP contribution >= 0.6 is 0 Å². The van der Waals surface area contributed by atoms with E-state index in [9.17, 15) is 107 Å². The number of carbonyl (C=O) groups excluding carboxylic acids is 2. The fourth-order valence-electron chi connectivity index (χ4n) is 10.6. The van der Waals surface area contributed by atoms with Gasteiger partial charge in [0.1, 0.15) is 159 Å². The van der Waals surface area contributed by atoms with E-state index in [1.165, 1.54) is 13.8 Å². The first-order valence-corrected chi connectivity index (χ1v) is 26.3. The minimum absolute atomic E-state index is 0.818. The molecule has 7 heterocycles. The van der Waals surface area contributed by atoms with Gasteiger partial charge in [-0.2, -0.15) is 0 Å². The van der Waals surface area contributed by atoms with Gasteiger partial charge in [0.05, 0.1) is 45.2 Å². The molecule has 36 nitrogen and oxygen atoms in total. The van der Waals surface area contributed by atoms with Gasteiger partial charge in [-0.05, 0) is 13.8 Å². The van der Waals surface area contributed by atoms with Crippen LogP contribution in [-0.2, 0) is 71.2 Å². The Bertz CT molecular complexity index is 2030. The van der Waals surface area contributed by atoms with E-state index in [2.05, 4.69) is 10.6 Å². The average Bonchev–Trinajstić information content (AvgIpc) is 3.63. The molecule has 36 heteroatoms. The van der Waals surface area contributed by atoms with Crippen LogP contribution < -0.4 is 10.6 Å². The van der Waals surface area contributed by atoms with Crippen molar-refractivity contribution in [2.45, 2.75) is 243 Å². The topological polar surface area (TPSA) is 563 Å². The fourth-order valence-corrected chi connectivity index (χ4v) is 10.6. The van der Waals surface area contributed by atoms with Gasteiger partial charge in [0.15, 0.2) is 44.0 Å². The molecule has 476 valence electrons. The minimum atomic E-state index is -2.24. The van der Waals surface area contributed by atoms with E-state index in [1.807, 2.05) is 0 Å². The van der Waals surface area contributed by atoms with Crippen molar-refractivity contribution in [3.63, 3.8) is 0 Å². The molecule has 0 aromatic rings. The molecule has 82 heavy (non-hydrogen) atoms. The molecule has 0 aliphatic carbocycles. The van der Waals surface area contributed by atoms with Gasteiger partial charge in [-0.3, -0.25) is 9.59 Å². The second-order valence-corrected chi connectivity index (χ2v) is 21.0. The molecule has 7 aliphatic rings. The third-order valence-electron chi connectivity index (χ3n) is 15.3. The Hall–Kier alpha value is -2.34. The smallest absolute Gasteiger partial charge is 0.217 e. The monoisotopic (exact) mass is 1200 g/mol. The van der Waals surface area contributed by atoms with Crippen LogP contribution in [0.25, 0.3) is 0 Å². The Balaban J connectivity index is 1.30. The Labute approximate surface area is 465 Å². The molecular formula is C46H78N2O34. The zero-order valence-electron chi connectivity index (χ0n) is 44.4. The van der Waals surface area contributed by atoms with Crippen molar-refractivity contribution in [1.29, 1.82) is 0 Å². The molecule has 7 saturated heterocycles. The Kier molecular flexibility index (Phi) is 23.5. The number of hydrogen-bond acceptors (Lipinski definition) is 34. The molecule has 0 bridgehead atoms. The summed E-state index contributed by atoms with van der Waals surface area (Å²) in [5.74, 6) is -1.77. The summed E-state index contributed by atoms with van der Waals surface area (Å²) in [5.41, 5.74) is 0. The summed E-state index contributed by atoms with van der Waals surface area (Å²) in [6.07, 6.45) is -64.7. The Morgan fingerprint density at radius 2 is 0.659 bits per heavy atom. The van der Waals surface area contributed by atoms with Crippen molar-refractivity contribution in [1.82, 2.24) is 10.6 Å². The standard InChI is InChI=1S/C46H78N2O34/c1-10-21(56)28(63)32(67)43(70-10)81-38-37(26(61)16(7-51)75-45(38)77-34-18(9-53)72-40(69)31(66)30(34)65)80-42-20(48-13(4)55)35(24(59)15(6-50)74-42)78-46-39(82-44-33(68)29(64)22(57)11(2)71-44)36(25(60)17(8-52)76-46)79-41-19(47-12(3)54)27(62)23(58)14(5-49)73-41/h10-11,14-46,49-53,56-69H,5-9H2,1-4H3,(H,47,54)(H,48,55)/t10-,11-,14+,15+,16+,17+,18+,19+,20+,21+,22+,23-,24-,25-,26-,27+,28+,29+,30+,31+,32-,33-,34+,35+,36-,37-,38+,39+,40+,41+,42+,43-,44-,45-,46-/m0/s1. The average molecular weight is 1200 g/mol. The van der Waals surface area contributed by atoms with E-state index >= 15 is 0 Å². The normalized spacial score (nSPS) is 51.3. The molecule has 7 fully saturated rings. The molecule has 0 aromatic carbocycles. The second-order valence-electron chi connectivity index (χ2n) is 21.0. The molecule has 0 aromatic heterocycles. The van der Waals surface area contributed by atoms with E-state index in [4.69, 9.17) is 61.6 Å². The molecule has 0 unspecified atom stereocenters. The van der Waals surface area contributed by atoms with Gasteiger partial charge >= 0.3 is 0 Å². The molecule has 21 N–H and O–H groups in total. The molecule has 7 aliphatic heterocycles. The SMILES string of the molecule is CC(=O)N[C@H]1[C@@H](O[C@H]2[C@@H](O)[C@@H](CO)O[C@@H](O[C@H]3[C@@H](O)[C@@H](CO)O[C@H](O[C@H]4[C@@H](O)[C@@H](CO)O[C@@H](O[C@H]5[C@H](O)[C@@H](O)[C@H](O)O[C@@H]5CO)[C@@H]4O[C@@H]4O[C@@H](C)[C@@H](O)[C@@H](O)[C@@H]4O)[C@@H]3NC(C)=O)[C@@H]2O[C@@H]2O[C@@H](C)[C@@H](O)[C@@H](O)[C@@H]2O)O[C@H](CO)[C@H](O)[C@@H]1O. The summed E-state index contributed by atoms with van der Waals surface area (Å²) < 4.78 is 77.4. The van der Waals surface area contributed by atoms with Crippen molar-refractivity contribution >= 4 is 11.8 Å². The molecule has 0 saturated carbocycles. The van der Waals surface area contributed by atoms with Crippen molar-refractivity contribution < 1.29 is 168 Å². The number of amides is 2. The lowest BCUT2D eigenvalue weighted by Gasteiger charge is -2.52. The first-order chi connectivity index (χ1) is 38.7. The zero-order chi connectivity index (χ0) is 60.5. The number of carbonyl (C=O) groups is 2. The molecule has 7 rings (SSSR count). The molecule has 35 atom stereocenters. The van der Waals surface area contributed by atoms with Crippen molar-refractivity contribution in [2.24, 2.45) is 0 Å². The highest BCUT2D eigenvalue weighted by Gasteiger charge is 2.60. The summed E-state index contributed by atoms with van der Waals surface area (Å²) in [6, 6.07) is -3.69. The minimum Gasteiger partial charge on any atom is -0.394 e. The van der Waals surface area contributed by atoms with E-state index < -0.39 is 260 Å². The van der Waals surface area contributed by atoms with Crippen LogP contribution in [0.5, 0.6) is 0 Å². The molecule has 2 amide bonds. The number of hydrogen-bond donors (Lipinski definition) is 21. The largest absolute Gasteiger partial charge is 0.394 e. The maximum Gasteiger partial charge on any atom is 0.217 e. The summed E-state index contributed by atoms with van der Waals surface area (Å²) in [6.45, 7) is -0.776. The number of aliphatic hydroxyl groups excluding tert-OH is 19. The first-order valence-electron chi connectivity index (χ1n) is 26.3. The van der Waals surface area contributed by atoms with Gasteiger partial charge in [0.2, 0.25) is 11.8 Å². The van der Waals surface area contributed by atoms with Crippen LogP contribution in [0.4, 0.5) is 0 Å². The van der Waals surface area contributed by atoms with Gasteiger partial charge < -0.3 is 169 Å². The van der Waals surface area contributed by atoms with E-state index in [-0.39, 0.29) is 0 Å². The van der Waals surface area contributed by atoms with Gasteiger partial charge in [0, 0.05) is 13.8 Å². The van der Waals surface area contributed by atoms with Crippen molar-refractivity contribution in [2.75, 3.05) is 33.0 Å². The van der Waals surface area contributed by atoms with Crippen LogP contribution in [0.1, 0.15) is 27.7 Å². The highest BCUT2D eigenvalue weighted by molar-refractivity contribution is 5.73. The zero-order valence-corrected chi connectivity index (χ0v) is 44.4. The number of ether oxygens (including phenoxy) is 13. The second kappa shape index (κ2) is 28.7. The van der Waals surface area contributed by atoms with Crippen molar-refractivity contribution in [3.05, 3.63) is 0 Å². The van der Waals surface area contributed by atoms with Crippen LogP contribution in [0.2, 0.25) is 0 Å². The molecular weight excluding hydrogens is 1120 g/mol.